The van der Waals surface area contributed by atoms with E-state index in [2.05, 4.69) is 5.32 Å². The van der Waals surface area contributed by atoms with Gasteiger partial charge in [-0.1, -0.05) is 0 Å². The number of non-ortho nitro benzene ring substituents is 1. The van der Waals surface area contributed by atoms with Crippen LogP contribution in [0.25, 0.3) is 0 Å². The van der Waals surface area contributed by atoms with E-state index in [1.165, 1.54) is 24.3 Å². The summed E-state index contributed by atoms with van der Waals surface area (Å²) in [4.78, 5) is 20.1. The highest BCUT2D eigenvalue weighted by molar-refractivity contribution is 5.47. The molecule has 0 saturated heterocycles. The zero-order valence-corrected chi connectivity index (χ0v) is 8.81. The summed E-state index contributed by atoms with van der Waals surface area (Å²) in [6.07, 6.45) is -0.749. The number of benzene rings is 1. The number of nitro groups is 1. The highest BCUT2D eigenvalue weighted by atomic mass is 16.6. The SMILES string of the molecule is O=CN[C@@H](CO)[C@@H](O)c1ccc([N+](=O)[O-])cc1. The molecule has 0 spiro atoms. The second-order valence-electron chi connectivity index (χ2n) is 3.37. The molecule has 0 radical (unpaired) electrons. The first kappa shape index (κ1) is 13.1. The Hall–Kier alpha value is -1.99. The number of amides is 1. The molecule has 0 aliphatic carbocycles. The van der Waals surface area contributed by atoms with Gasteiger partial charge < -0.3 is 15.5 Å². The lowest BCUT2D eigenvalue weighted by molar-refractivity contribution is -0.384. The second kappa shape index (κ2) is 5.92. The predicted octanol–water partition coefficient (Wildman–Crippen LogP) is -0.265. The van der Waals surface area contributed by atoms with E-state index >= 15 is 0 Å². The van der Waals surface area contributed by atoms with Gasteiger partial charge in [-0.15, -0.1) is 0 Å². The van der Waals surface area contributed by atoms with Crippen LogP contribution in [-0.2, 0) is 4.79 Å². The standard InChI is InChI=1S/C10H12N2O5/c13-5-9(11-6-14)10(15)7-1-3-8(4-2-7)12(16)17/h1-4,6,9-10,13,15H,5H2,(H,11,14)/t9-,10-/m0/s1. The van der Waals surface area contributed by atoms with Gasteiger partial charge in [-0.05, 0) is 17.7 Å². The second-order valence-corrected chi connectivity index (χ2v) is 3.37. The fourth-order valence-electron chi connectivity index (χ4n) is 1.36. The number of nitro benzene ring substituents is 1. The molecule has 0 fully saturated rings. The van der Waals surface area contributed by atoms with E-state index in [1.807, 2.05) is 0 Å². The van der Waals surface area contributed by atoms with Crippen LogP contribution in [0.5, 0.6) is 0 Å². The van der Waals surface area contributed by atoms with Crippen LogP contribution in [0, 0.1) is 10.1 Å². The molecule has 1 aromatic rings. The van der Waals surface area contributed by atoms with Crippen molar-refractivity contribution in [3.63, 3.8) is 0 Å². The van der Waals surface area contributed by atoms with Crippen LogP contribution in [0.1, 0.15) is 11.7 Å². The molecule has 3 N–H and O–H groups in total. The summed E-state index contributed by atoms with van der Waals surface area (Å²) in [7, 11) is 0. The normalized spacial score (nSPS) is 13.8. The molecule has 0 aliphatic heterocycles. The summed E-state index contributed by atoms with van der Waals surface area (Å²) in [5.41, 5.74) is 0.286. The lowest BCUT2D eigenvalue weighted by Gasteiger charge is -2.20. The van der Waals surface area contributed by atoms with Gasteiger partial charge in [-0.25, -0.2) is 0 Å². The summed E-state index contributed by atoms with van der Waals surface area (Å²) in [6, 6.07) is 4.39. The molecule has 7 heteroatoms. The topological polar surface area (TPSA) is 113 Å². The summed E-state index contributed by atoms with van der Waals surface area (Å²) >= 11 is 0. The van der Waals surface area contributed by atoms with Crippen molar-refractivity contribution in [1.29, 1.82) is 0 Å². The largest absolute Gasteiger partial charge is 0.394 e. The summed E-state index contributed by atoms with van der Waals surface area (Å²) < 4.78 is 0. The Morgan fingerprint density at radius 3 is 2.41 bits per heavy atom. The van der Waals surface area contributed by atoms with Crippen molar-refractivity contribution >= 4 is 12.1 Å². The number of carbonyl (C=O) groups excluding carboxylic acids is 1. The third-order valence-electron chi connectivity index (χ3n) is 2.31. The van der Waals surface area contributed by atoms with E-state index < -0.39 is 23.7 Å². The monoisotopic (exact) mass is 240 g/mol. The average molecular weight is 240 g/mol. The van der Waals surface area contributed by atoms with Crippen molar-refractivity contribution < 1.29 is 19.9 Å². The Labute approximate surface area is 96.8 Å². The summed E-state index contributed by atoms with van der Waals surface area (Å²) in [6.45, 7) is -0.434. The number of aliphatic hydroxyl groups is 2. The molecule has 0 saturated carbocycles. The van der Waals surface area contributed by atoms with Crippen LogP contribution in [0.15, 0.2) is 24.3 Å². The maximum Gasteiger partial charge on any atom is 0.269 e. The lowest BCUT2D eigenvalue weighted by atomic mass is 10.0. The number of nitrogens with one attached hydrogen (secondary N) is 1. The highest BCUT2D eigenvalue weighted by Gasteiger charge is 2.20. The third kappa shape index (κ3) is 3.23. The minimum atomic E-state index is -1.12. The molecule has 92 valence electrons. The smallest absolute Gasteiger partial charge is 0.269 e. The zero-order chi connectivity index (χ0) is 12.8. The number of nitrogens with zero attached hydrogens (tertiary/aromatic N) is 1. The number of rotatable bonds is 6. The number of hydrogen-bond acceptors (Lipinski definition) is 5. The van der Waals surface area contributed by atoms with Gasteiger partial charge in [0.15, 0.2) is 0 Å². The van der Waals surface area contributed by atoms with Crippen molar-refractivity contribution in [3.8, 4) is 0 Å². The quantitative estimate of drug-likeness (QED) is 0.360. The van der Waals surface area contributed by atoms with Crippen LogP contribution in [0.2, 0.25) is 0 Å². The molecule has 7 nitrogen and oxygen atoms in total. The van der Waals surface area contributed by atoms with Crippen molar-refractivity contribution in [1.82, 2.24) is 5.32 Å². The Kier molecular flexibility index (Phi) is 4.56. The van der Waals surface area contributed by atoms with E-state index in [9.17, 15) is 20.0 Å². The van der Waals surface area contributed by atoms with Gasteiger partial charge in [0.1, 0.15) is 6.10 Å². The van der Waals surface area contributed by atoms with Gasteiger partial charge in [-0.2, -0.15) is 0 Å². The fraction of sp³-hybridized carbons (Fsp3) is 0.300. The van der Waals surface area contributed by atoms with Gasteiger partial charge in [0.25, 0.3) is 5.69 Å². The molecular formula is C10H12N2O5. The van der Waals surface area contributed by atoms with Gasteiger partial charge >= 0.3 is 0 Å². The van der Waals surface area contributed by atoms with Crippen molar-refractivity contribution in [2.75, 3.05) is 6.61 Å². The van der Waals surface area contributed by atoms with Gasteiger partial charge in [0.2, 0.25) is 6.41 Å². The Morgan fingerprint density at radius 2 is 2.00 bits per heavy atom. The van der Waals surface area contributed by atoms with Crippen LogP contribution in [0.4, 0.5) is 5.69 Å². The van der Waals surface area contributed by atoms with E-state index in [1.54, 1.807) is 0 Å². The van der Waals surface area contributed by atoms with Crippen LogP contribution >= 0.6 is 0 Å². The predicted molar refractivity (Wildman–Crippen MR) is 58.1 cm³/mol. The summed E-state index contributed by atoms with van der Waals surface area (Å²) in [5, 5.41) is 31.4. The first-order valence-electron chi connectivity index (χ1n) is 4.83. The Morgan fingerprint density at radius 1 is 1.41 bits per heavy atom. The van der Waals surface area contributed by atoms with Gasteiger partial charge in [0, 0.05) is 12.1 Å². The zero-order valence-electron chi connectivity index (χ0n) is 8.81. The highest BCUT2D eigenvalue weighted by Crippen LogP contribution is 2.20. The van der Waals surface area contributed by atoms with Gasteiger partial charge in [0.05, 0.1) is 17.6 Å². The number of aliphatic hydroxyl groups excluding tert-OH is 2. The molecule has 0 aromatic heterocycles. The molecular weight excluding hydrogens is 228 g/mol. The molecule has 0 unspecified atom stereocenters. The number of hydrogen-bond donors (Lipinski definition) is 3. The van der Waals surface area contributed by atoms with E-state index in [4.69, 9.17) is 5.11 Å². The maximum absolute atomic E-state index is 10.4. The van der Waals surface area contributed by atoms with Crippen LogP contribution < -0.4 is 5.32 Å². The first-order valence-corrected chi connectivity index (χ1v) is 4.83. The Bertz CT molecular complexity index is 392. The summed E-state index contributed by atoms with van der Waals surface area (Å²) in [5.74, 6) is 0. The maximum atomic E-state index is 10.4. The minimum absolute atomic E-state index is 0.0927. The molecule has 1 amide bonds. The van der Waals surface area contributed by atoms with E-state index in [0.717, 1.165) is 0 Å². The van der Waals surface area contributed by atoms with E-state index in [-0.39, 0.29) is 5.69 Å². The molecule has 2 atom stereocenters. The van der Waals surface area contributed by atoms with Crippen molar-refractivity contribution in [3.05, 3.63) is 39.9 Å². The minimum Gasteiger partial charge on any atom is -0.394 e. The molecule has 0 heterocycles. The molecule has 1 aromatic carbocycles. The molecule has 0 aliphatic rings. The number of carbonyl (C=O) groups is 1. The molecule has 1 rings (SSSR count). The van der Waals surface area contributed by atoms with Crippen molar-refractivity contribution in [2.24, 2.45) is 0 Å². The average Bonchev–Trinajstić information content (AvgIpc) is 2.35. The van der Waals surface area contributed by atoms with E-state index in [0.29, 0.717) is 12.0 Å². The van der Waals surface area contributed by atoms with Crippen LogP contribution in [-0.4, -0.2) is 34.2 Å². The first-order chi connectivity index (χ1) is 8.10. The Balaban J connectivity index is 2.84. The van der Waals surface area contributed by atoms with Crippen molar-refractivity contribution in [2.45, 2.75) is 12.1 Å². The van der Waals surface area contributed by atoms with Gasteiger partial charge in [-0.3, -0.25) is 14.9 Å². The molecule has 0 bridgehead atoms. The fourth-order valence-corrected chi connectivity index (χ4v) is 1.36. The molecule has 17 heavy (non-hydrogen) atoms. The lowest BCUT2D eigenvalue weighted by Crippen LogP contribution is -2.37. The third-order valence-corrected chi connectivity index (χ3v) is 2.31. The van der Waals surface area contributed by atoms with Crippen LogP contribution in [0.3, 0.4) is 0 Å².